The van der Waals surface area contributed by atoms with Crippen molar-refractivity contribution in [1.29, 1.82) is 0 Å². The molecule has 1 saturated heterocycles. The topological polar surface area (TPSA) is 58.6 Å². The number of aryl methyl sites for hydroxylation is 1. The van der Waals surface area contributed by atoms with Crippen molar-refractivity contribution in [3.63, 3.8) is 0 Å². The fourth-order valence-electron chi connectivity index (χ4n) is 2.43. The molecule has 0 aliphatic carbocycles. The number of esters is 1. The Morgan fingerprint density at radius 1 is 1.38 bits per heavy atom. The second-order valence-electron chi connectivity index (χ2n) is 5.18. The van der Waals surface area contributed by atoms with Crippen molar-refractivity contribution >= 4 is 23.3 Å². The van der Waals surface area contributed by atoms with E-state index < -0.39 is 0 Å². The quantitative estimate of drug-likeness (QED) is 0.870. The zero-order chi connectivity index (χ0) is 15.2. The summed E-state index contributed by atoms with van der Waals surface area (Å²) >= 11 is 1.69. The van der Waals surface area contributed by atoms with Crippen LogP contribution in [0.1, 0.15) is 29.5 Å². The van der Waals surface area contributed by atoms with Gasteiger partial charge in [-0.3, -0.25) is 4.79 Å². The summed E-state index contributed by atoms with van der Waals surface area (Å²) in [6.07, 6.45) is 1.37. The van der Waals surface area contributed by atoms with E-state index in [1.165, 1.54) is 4.88 Å². The van der Waals surface area contributed by atoms with Crippen LogP contribution in [-0.4, -0.2) is 36.6 Å². The summed E-state index contributed by atoms with van der Waals surface area (Å²) in [7, 11) is 0. The number of thiophene rings is 1. The number of likely N-dealkylation sites (tertiary alicyclic amines) is 1. The summed E-state index contributed by atoms with van der Waals surface area (Å²) in [4.78, 5) is 27.9. The average Bonchev–Trinajstić information content (AvgIpc) is 2.91. The van der Waals surface area contributed by atoms with Crippen LogP contribution in [0.15, 0.2) is 12.1 Å². The van der Waals surface area contributed by atoms with Gasteiger partial charge in [-0.2, -0.15) is 0 Å². The van der Waals surface area contributed by atoms with Crippen molar-refractivity contribution < 1.29 is 14.3 Å². The maximum absolute atomic E-state index is 12.1. The molecule has 1 aliphatic heterocycles. The Balaban J connectivity index is 1.74. The van der Waals surface area contributed by atoms with E-state index in [1.54, 1.807) is 16.2 Å². The molecule has 0 radical (unpaired) electrons. The van der Waals surface area contributed by atoms with Gasteiger partial charge in [-0.05, 0) is 38.8 Å². The van der Waals surface area contributed by atoms with Crippen LogP contribution < -0.4 is 5.32 Å². The molecule has 2 rings (SSSR count). The van der Waals surface area contributed by atoms with Gasteiger partial charge in [-0.15, -0.1) is 11.3 Å². The number of hydrogen-bond acceptors (Lipinski definition) is 4. The molecule has 5 nitrogen and oxygen atoms in total. The summed E-state index contributed by atoms with van der Waals surface area (Å²) in [5, 5.41) is 2.93. The number of piperidine rings is 1. The number of carbonyl (C=O) groups excluding carboxylic acids is 2. The van der Waals surface area contributed by atoms with Gasteiger partial charge in [0, 0.05) is 22.8 Å². The molecule has 0 saturated carbocycles. The molecular weight excluding hydrogens is 288 g/mol. The highest BCUT2D eigenvalue weighted by Crippen LogP contribution is 2.19. The van der Waals surface area contributed by atoms with Crippen molar-refractivity contribution in [1.82, 2.24) is 10.2 Å². The Labute approximate surface area is 129 Å². The van der Waals surface area contributed by atoms with E-state index in [4.69, 9.17) is 4.74 Å². The molecule has 116 valence electrons. The lowest BCUT2D eigenvalue weighted by Gasteiger charge is -2.30. The van der Waals surface area contributed by atoms with E-state index in [0.717, 1.165) is 4.88 Å². The number of carbonyl (C=O) groups is 2. The van der Waals surface area contributed by atoms with Crippen molar-refractivity contribution in [3.8, 4) is 0 Å². The maximum Gasteiger partial charge on any atom is 0.317 e. The maximum atomic E-state index is 12.1. The van der Waals surface area contributed by atoms with Gasteiger partial charge in [0.1, 0.15) is 0 Å². The summed E-state index contributed by atoms with van der Waals surface area (Å²) in [5.74, 6) is -0.194. The normalized spacial score (nSPS) is 15.8. The standard InChI is InChI=1S/C15H22N2O3S/c1-3-20-14(18)12-6-8-17(9-7-12)15(19)16-10-13-5-4-11(2)21-13/h4-5,12H,3,6-10H2,1-2H3,(H,16,19). The van der Waals surface area contributed by atoms with Gasteiger partial charge in [-0.1, -0.05) is 0 Å². The Bertz CT molecular complexity index is 493. The number of amides is 2. The second kappa shape index (κ2) is 7.45. The molecule has 0 spiro atoms. The average molecular weight is 310 g/mol. The van der Waals surface area contributed by atoms with Crippen LogP contribution in [0.5, 0.6) is 0 Å². The van der Waals surface area contributed by atoms with Crippen LogP contribution in [0.2, 0.25) is 0 Å². The van der Waals surface area contributed by atoms with E-state index in [0.29, 0.717) is 39.1 Å². The highest BCUT2D eigenvalue weighted by atomic mass is 32.1. The lowest BCUT2D eigenvalue weighted by molar-refractivity contribution is -0.149. The van der Waals surface area contributed by atoms with Crippen LogP contribution in [-0.2, 0) is 16.1 Å². The van der Waals surface area contributed by atoms with Gasteiger partial charge in [0.25, 0.3) is 0 Å². The zero-order valence-electron chi connectivity index (χ0n) is 12.6. The molecular formula is C15H22N2O3S. The van der Waals surface area contributed by atoms with Crippen LogP contribution >= 0.6 is 11.3 Å². The van der Waals surface area contributed by atoms with E-state index in [9.17, 15) is 9.59 Å². The number of hydrogen-bond donors (Lipinski definition) is 1. The first-order valence-electron chi connectivity index (χ1n) is 7.35. The lowest BCUT2D eigenvalue weighted by Crippen LogP contribution is -2.45. The largest absolute Gasteiger partial charge is 0.466 e. The molecule has 1 aromatic rings. The number of urea groups is 1. The van der Waals surface area contributed by atoms with Crippen LogP contribution in [0.4, 0.5) is 4.79 Å². The Hall–Kier alpha value is -1.56. The predicted octanol–water partition coefficient (Wildman–Crippen LogP) is 2.54. The predicted molar refractivity (Wildman–Crippen MR) is 82.2 cm³/mol. The summed E-state index contributed by atoms with van der Waals surface area (Å²) < 4.78 is 5.03. The minimum absolute atomic E-state index is 0.0524. The SMILES string of the molecule is CCOC(=O)C1CCN(C(=O)NCc2ccc(C)s2)CC1. The summed E-state index contributed by atoms with van der Waals surface area (Å²) in [6, 6.07) is 4.04. The molecule has 2 heterocycles. The highest BCUT2D eigenvalue weighted by molar-refractivity contribution is 7.11. The third-order valence-electron chi connectivity index (χ3n) is 3.61. The fraction of sp³-hybridized carbons (Fsp3) is 0.600. The molecule has 21 heavy (non-hydrogen) atoms. The lowest BCUT2D eigenvalue weighted by atomic mass is 9.97. The molecule has 0 unspecified atom stereocenters. The molecule has 0 aromatic carbocycles. The number of rotatable bonds is 4. The third-order valence-corrected chi connectivity index (χ3v) is 4.61. The van der Waals surface area contributed by atoms with E-state index in [2.05, 4.69) is 18.3 Å². The number of nitrogens with zero attached hydrogens (tertiary/aromatic N) is 1. The third kappa shape index (κ3) is 4.46. The van der Waals surface area contributed by atoms with E-state index >= 15 is 0 Å². The van der Waals surface area contributed by atoms with Crippen LogP contribution in [0, 0.1) is 12.8 Å². The highest BCUT2D eigenvalue weighted by Gasteiger charge is 2.28. The fourth-order valence-corrected chi connectivity index (χ4v) is 3.26. The van der Waals surface area contributed by atoms with Gasteiger partial charge in [-0.25, -0.2) is 4.79 Å². The van der Waals surface area contributed by atoms with E-state index in [-0.39, 0.29) is 17.9 Å². The number of nitrogens with one attached hydrogen (secondary N) is 1. The van der Waals surface area contributed by atoms with Crippen molar-refractivity contribution in [2.24, 2.45) is 5.92 Å². The minimum atomic E-state index is -0.133. The van der Waals surface area contributed by atoms with Gasteiger partial charge in [0.15, 0.2) is 0 Å². The van der Waals surface area contributed by atoms with Gasteiger partial charge in [0.2, 0.25) is 0 Å². The molecule has 0 atom stereocenters. The van der Waals surface area contributed by atoms with Gasteiger partial charge in [0.05, 0.1) is 19.1 Å². The molecule has 1 aromatic heterocycles. The Morgan fingerprint density at radius 2 is 2.10 bits per heavy atom. The molecule has 1 fully saturated rings. The Kier molecular flexibility index (Phi) is 5.61. The second-order valence-corrected chi connectivity index (χ2v) is 6.56. The van der Waals surface area contributed by atoms with Gasteiger partial charge >= 0.3 is 12.0 Å². The molecule has 0 bridgehead atoms. The zero-order valence-corrected chi connectivity index (χ0v) is 13.4. The molecule has 1 N–H and O–H groups in total. The summed E-state index contributed by atoms with van der Waals surface area (Å²) in [5.41, 5.74) is 0. The minimum Gasteiger partial charge on any atom is -0.466 e. The Morgan fingerprint density at radius 3 is 2.67 bits per heavy atom. The molecule has 1 aliphatic rings. The van der Waals surface area contributed by atoms with Crippen molar-refractivity contribution in [3.05, 3.63) is 21.9 Å². The first kappa shape index (κ1) is 15.8. The first-order chi connectivity index (χ1) is 10.1. The van der Waals surface area contributed by atoms with Crippen LogP contribution in [0.3, 0.4) is 0 Å². The number of ether oxygens (including phenoxy) is 1. The van der Waals surface area contributed by atoms with Gasteiger partial charge < -0.3 is 15.0 Å². The first-order valence-corrected chi connectivity index (χ1v) is 8.16. The van der Waals surface area contributed by atoms with E-state index in [1.807, 2.05) is 13.0 Å². The van der Waals surface area contributed by atoms with Crippen molar-refractivity contribution in [2.75, 3.05) is 19.7 Å². The molecule has 6 heteroatoms. The van der Waals surface area contributed by atoms with Crippen LogP contribution in [0.25, 0.3) is 0 Å². The van der Waals surface area contributed by atoms with Crippen molar-refractivity contribution in [2.45, 2.75) is 33.2 Å². The summed E-state index contributed by atoms with van der Waals surface area (Å²) in [6.45, 7) is 6.06. The molecule has 2 amide bonds. The smallest absolute Gasteiger partial charge is 0.317 e. The monoisotopic (exact) mass is 310 g/mol.